The van der Waals surface area contributed by atoms with Gasteiger partial charge in [-0.1, -0.05) is 0 Å². The van der Waals surface area contributed by atoms with Gasteiger partial charge < -0.3 is 15.0 Å². The van der Waals surface area contributed by atoms with E-state index in [0.29, 0.717) is 6.54 Å². The molecule has 3 nitrogen and oxygen atoms in total. The van der Waals surface area contributed by atoms with Gasteiger partial charge in [-0.05, 0) is 63.2 Å². The van der Waals surface area contributed by atoms with E-state index in [2.05, 4.69) is 52.1 Å². The standard InChI is InChI=1S/C14H22BNO2S/c1-10-6-7-19-12(10)8-11(9-16)15-17-13(2,3)14(4,5)18-15/h6-8H,9,16H2,1-5H3. The van der Waals surface area contributed by atoms with Crippen LogP contribution in [0.15, 0.2) is 16.9 Å². The molecule has 1 aromatic rings. The predicted octanol–water partition coefficient (Wildman–Crippen LogP) is 3.03. The van der Waals surface area contributed by atoms with Crippen LogP contribution in [0.2, 0.25) is 0 Å². The molecule has 1 fully saturated rings. The molecule has 2 N–H and O–H groups in total. The van der Waals surface area contributed by atoms with E-state index in [4.69, 9.17) is 15.0 Å². The molecule has 0 spiro atoms. The summed E-state index contributed by atoms with van der Waals surface area (Å²) < 4.78 is 12.1. The molecule has 0 atom stereocenters. The summed E-state index contributed by atoms with van der Waals surface area (Å²) in [6.45, 7) is 10.7. The van der Waals surface area contributed by atoms with Crippen LogP contribution in [-0.2, 0) is 9.31 Å². The van der Waals surface area contributed by atoms with E-state index >= 15 is 0 Å². The third-order valence-corrected chi connectivity index (χ3v) is 4.98. The molecule has 5 heteroatoms. The van der Waals surface area contributed by atoms with Gasteiger partial charge in [-0.25, -0.2) is 0 Å². The minimum Gasteiger partial charge on any atom is -0.400 e. The molecule has 2 rings (SSSR count). The molecule has 0 radical (unpaired) electrons. The van der Waals surface area contributed by atoms with Crippen LogP contribution in [0.1, 0.15) is 38.1 Å². The highest BCUT2D eigenvalue weighted by molar-refractivity contribution is 7.11. The molecule has 0 unspecified atom stereocenters. The number of hydrogen-bond donors (Lipinski definition) is 1. The maximum atomic E-state index is 6.04. The average Bonchev–Trinajstić information content (AvgIpc) is 2.78. The summed E-state index contributed by atoms with van der Waals surface area (Å²) in [7, 11) is -0.350. The molecular formula is C14H22BNO2S. The molecule has 0 bridgehead atoms. The molecule has 0 aliphatic carbocycles. The highest BCUT2D eigenvalue weighted by Gasteiger charge is 2.52. The first-order valence-corrected chi connectivity index (χ1v) is 7.45. The van der Waals surface area contributed by atoms with Crippen LogP contribution in [0.5, 0.6) is 0 Å². The minimum atomic E-state index is -0.350. The molecular weight excluding hydrogens is 257 g/mol. The molecule has 0 aromatic carbocycles. The summed E-state index contributed by atoms with van der Waals surface area (Å²) in [5, 5.41) is 2.08. The monoisotopic (exact) mass is 279 g/mol. The van der Waals surface area contributed by atoms with E-state index in [0.717, 1.165) is 5.47 Å². The third kappa shape index (κ3) is 2.79. The van der Waals surface area contributed by atoms with Crippen molar-refractivity contribution in [3.63, 3.8) is 0 Å². The van der Waals surface area contributed by atoms with E-state index in [1.165, 1.54) is 10.4 Å². The van der Waals surface area contributed by atoms with Gasteiger partial charge in [0.25, 0.3) is 0 Å². The van der Waals surface area contributed by atoms with Gasteiger partial charge in [-0.3, -0.25) is 0 Å². The molecule has 1 aliphatic heterocycles. The van der Waals surface area contributed by atoms with E-state index in [1.54, 1.807) is 11.3 Å². The van der Waals surface area contributed by atoms with Crippen molar-refractivity contribution in [2.24, 2.45) is 5.73 Å². The first-order chi connectivity index (χ1) is 8.77. The first-order valence-electron chi connectivity index (χ1n) is 6.57. The van der Waals surface area contributed by atoms with Crippen LogP contribution in [0.25, 0.3) is 6.08 Å². The first kappa shape index (κ1) is 14.8. The van der Waals surface area contributed by atoms with Crippen molar-refractivity contribution < 1.29 is 9.31 Å². The van der Waals surface area contributed by atoms with Gasteiger partial charge in [0.05, 0.1) is 11.2 Å². The van der Waals surface area contributed by atoms with Crippen LogP contribution in [-0.4, -0.2) is 24.9 Å². The summed E-state index contributed by atoms with van der Waals surface area (Å²) in [6, 6.07) is 2.11. The lowest BCUT2D eigenvalue weighted by Gasteiger charge is -2.32. The second-order valence-electron chi connectivity index (χ2n) is 5.98. The van der Waals surface area contributed by atoms with Crippen LogP contribution in [0, 0.1) is 6.92 Å². The zero-order valence-corrected chi connectivity index (χ0v) is 13.1. The van der Waals surface area contributed by atoms with E-state index in [-0.39, 0.29) is 18.3 Å². The lowest BCUT2D eigenvalue weighted by atomic mass is 9.77. The molecule has 2 heterocycles. The van der Waals surface area contributed by atoms with Gasteiger partial charge in [0.15, 0.2) is 0 Å². The Labute approximate surface area is 119 Å². The van der Waals surface area contributed by atoms with Crippen molar-refractivity contribution in [3.8, 4) is 0 Å². The SMILES string of the molecule is Cc1ccsc1C=C(CN)B1OC(C)(C)C(C)(C)O1. The summed E-state index contributed by atoms with van der Waals surface area (Å²) in [5.41, 5.74) is 7.47. The summed E-state index contributed by atoms with van der Waals surface area (Å²) >= 11 is 1.71. The number of hydrogen-bond acceptors (Lipinski definition) is 4. The van der Waals surface area contributed by atoms with Gasteiger partial charge in [0.1, 0.15) is 0 Å². The van der Waals surface area contributed by atoms with Crippen LogP contribution < -0.4 is 5.73 Å². The zero-order valence-electron chi connectivity index (χ0n) is 12.3. The van der Waals surface area contributed by atoms with Gasteiger partial charge >= 0.3 is 7.12 Å². The predicted molar refractivity (Wildman–Crippen MR) is 82.2 cm³/mol. The summed E-state index contributed by atoms with van der Waals surface area (Å²) in [6.07, 6.45) is 2.10. The smallest absolute Gasteiger partial charge is 0.400 e. The number of aryl methyl sites for hydroxylation is 1. The van der Waals surface area contributed by atoms with Gasteiger partial charge in [0, 0.05) is 11.4 Å². The fourth-order valence-electron chi connectivity index (χ4n) is 1.92. The maximum Gasteiger partial charge on any atom is 0.491 e. The Hall–Kier alpha value is -0.615. The second kappa shape index (κ2) is 5.06. The second-order valence-corrected chi connectivity index (χ2v) is 6.93. The third-order valence-electron chi connectivity index (χ3n) is 4.01. The molecule has 104 valence electrons. The lowest BCUT2D eigenvalue weighted by Crippen LogP contribution is -2.41. The zero-order chi connectivity index (χ0) is 14.3. The maximum absolute atomic E-state index is 6.04. The highest BCUT2D eigenvalue weighted by atomic mass is 32.1. The van der Waals surface area contributed by atoms with Gasteiger partial charge in [-0.15, -0.1) is 11.3 Å². The normalized spacial score (nSPS) is 22.0. The van der Waals surface area contributed by atoms with Crippen molar-refractivity contribution in [2.45, 2.75) is 45.8 Å². The van der Waals surface area contributed by atoms with Crippen LogP contribution in [0.4, 0.5) is 0 Å². The quantitative estimate of drug-likeness (QED) is 0.865. The summed E-state index contributed by atoms with van der Waals surface area (Å²) in [4.78, 5) is 1.22. The van der Waals surface area contributed by atoms with E-state index in [1.807, 2.05) is 0 Å². The molecule has 0 amide bonds. The van der Waals surface area contributed by atoms with E-state index in [9.17, 15) is 0 Å². The molecule has 1 aromatic heterocycles. The fourth-order valence-corrected chi connectivity index (χ4v) is 2.81. The average molecular weight is 279 g/mol. The van der Waals surface area contributed by atoms with Crippen LogP contribution in [0.3, 0.4) is 0 Å². The fraction of sp³-hybridized carbons (Fsp3) is 0.571. The van der Waals surface area contributed by atoms with Crippen molar-refractivity contribution in [1.29, 1.82) is 0 Å². The van der Waals surface area contributed by atoms with Gasteiger partial charge in [-0.2, -0.15) is 0 Å². The molecule has 1 aliphatic rings. The Morgan fingerprint density at radius 3 is 2.32 bits per heavy atom. The highest BCUT2D eigenvalue weighted by Crippen LogP contribution is 2.38. The van der Waals surface area contributed by atoms with Crippen molar-refractivity contribution >= 4 is 24.5 Å². The number of nitrogens with two attached hydrogens (primary N) is 1. The molecule has 0 saturated carbocycles. The Balaban J connectivity index is 2.26. The van der Waals surface area contributed by atoms with Crippen LogP contribution >= 0.6 is 11.3 Å². The Morgan fingerprint density at radius 2 is 1.89 bits per heavy atom. The number of rotatable bonds is 3. The van der Waals surface area contributed by atoms with Gasteiger partial charge in [0.2, 0.25) is 0 Å². The topological polar surface area (TPSA) is 44.5 Å². The minimum absolute atomic E-state index is 0.323. The Bertz CT molecular complexity index is 477. The molecule has 19 heavy (non-hydrogen) atoms. The molecule has 1 saturated heterocycles. The van der Waals surface area contributed by atoms with E-state index < -0.39 is 0 Å². The largest absolute Gasteiger partial charge is 0.491 e. The lowest BCUT2D eigenvalue weighted by molar-refractivity contribution is 0.00578. The Kier molecular flexibility index (Phi) is 3.93. The van der Waals surface area contributed by atoms with Crippen molar-refractivity contribution in [3.05, 3.63) is 27.4 Å². The summed E-state index contributed by atoms with van der Waals surface area (Å²) in [5.74, 6) is 0. The van der Waals surface area contributed by atoms with Crippen molar-refractivity contribution in [1.82, 2.24) is 0 Å². The number of thiophene rings is 1. The van der Waals surface area contributed by atoms with Crippen molar-refractivity contribution in [2.75, 3.05) is 6.54 Å². The Morgan fingerprint density at radius 1 is 1.32 bits per heavy atom.